The van der Waals surface area contributed by atoms with Gasteiger partial charge < -0.3 is 4.74 Å². The van der Waals surface area contributed by atoms with Crippen molar-refractivity contribution < 1.29 is 4.74 Å². The molecule has 2 nitrogen and oxygen atoms in total. The fraction of sp³-hybridized carbons (Fsp3) is 1.00. The van der Waals surface area contributed by atoms with Gasteiger partial charge in [-0.05, 0) is 39.0 Å². The fourth-order valence-electron chi connectivity index (χ4n) is 2.89. The van der Waals surface area contributed by atoms with Crippen molar-refractivity contribution in [2.45, 2.75) is 41.1 Å². The van der Waals surface area contributed by atoms with Gasteiger partial charge in [0.25, 0.3) is 0 Å². The van der Waals surface area contributed by atoms with Crippen molar-refractivity contribution in [3.8, 4) is 0 Å². The first-order valence-corrected chi connectivity index (χ1v) is 8.23. The molecule has 0 radical (unpaired) electrons. The molecule has 0 aromatic heterocycles. The highest BCUT2D eigenvalue weighted by Crippen LogP contribution is 2.42. The molecular formula is C11H20INOS. The molecule has 2 heterocycles. The van der Waals surface area contributed by atoms with Crippen LogP contribution in [-0.4, -0.2) is 45.8 Å². The third-order valence-electron chi connectivity index (χ3n) is 3.69. The van der Waals surface area contributed by atoms with Crippen molar-refractivity contribution in [2.24, 2.45) is 0 Å². The highest BCUT2D eigenvalue weighted by Gasteiger charge is 2.48. The van der Waals surface area contributed by atoms with Gasteiger partial charge in [0, 0.05) is 17.3 Å². The molecule has 0 N–H and O–H groups in total. The molecule has 0 bridgehead atoms. The van der Waals surface area contributed by atoms with Crippen LogP contribution in [0.15, 0.2) is 0 Å². The van der Waals surface area contributed by atoms with E-state index in [1.165, 1.54) is 32.4 Å². The van der Waals surface area contributed by atoms with Gasteiger partial charge in [0.2, 0.25) is 0 Å². The number of hydrogen-bond acceptors (Lipinski definition) is 3. The van der Waals surface area contributed by atoms with Crippen LogP contribution in [0.2, 0.25) is 0 Å². The number of ether oxygens (including phenoxy) is 1. The van der Waals surface area contributed by atoms with Crippen molar-refractivity contribution in [3.63, 3.8) is 0 Å². The molecule has 1 unspecified atom stereocenters. The van der Waals surface area contributed by atoms with E-state index in [4.69, 9.17) is 4.74 Å². The summed E-state index contributed by atoms with van der Waals surface area (Å²) in [6.07, 6.45) is 6.27. The second kappa shape index (κ2) is 5.10. The molecule has 15 heavy (non-hydrogen) atoms. The fourth-order valence-corrected chi connectivity index (χ4v) is 3.88. The minimum Gasteiger partial charge on any atom is -0.366 e. The van der Waals surface area contributed by atoms with Crippen molar-refractivity contribution in [2.75, 3.05) is 26.0 Å². The summed E-state index contributed by atoms with van der Waals surface area (Å²) < 4.78 is 6.20. The van der Waals surface area contributed by atoms with Crippen LogP contribution >= 0.6 is 34.4 Å². The maximum atomic E-state index is 5.86. The van der Waals surface area contributed by atoms with Crippen molar-refractivity contribution in [1.29, 1.82) is 0 Å². The largest absolute Gasteiger partial charge is 0.366 e. The Morgan fingerprint density at radius 3 is 3.13 bits per heavy atom. The Bertz CT molecular complexity index is 227. The first-order valence-electron chi connectivity index (χ1n) is 5.70. The SMILES string of the molecule is CS[C@H]1CN2CCC[C@@]2(COC(C)I)C1. The smallest absolute Gasteiger partial charge is 0.106 e. The van der Waals surface area contributed by atoms with Crippen LogP contribution < -0.4 is 0 Å². The van der Waals surface area contributed by atoms with Gasteiger partial charge in [-0.15, -0.1) is 0 Å². The molecular weight excluding hydrogens is 321 g/mol. The highest BCUT2D eigenvalue weighted by atomic mass is 127. The van der Waals surface area contributed by atoms with E-state index >= 15 is 0 Å². The zero-order chi connectivity index (χ0) is 10.9. The molecule has 4 heteroatoms. The zero-order valence-electron chi connectivity index (χ0n) is 9.54. The van der Waals surface area contributed by atoms with E-state index in [9.17, 15) is 0 Å². The number of hydrogen-bond donors (Lipinski definition) is 0. The van der Waals surface area contributed by atoms with Crippen LogP contribution in [0, 0.1) is 0 Å². The third kappa shape index (κ3) is 2.64. The van der Waals surface area contributed by atoms with E-state index in [-0.39, 0.29) is 0 Å². The van der Waals surface area contributed by atoms with Crippen LogP contribution in [0.5, 0.6) is 0 Å². The maximum absolute atomic E-state index is 5.86. The molecule has 0 aromatic rings. The lowest BCUT2D eigenvalue weighted by atomic mass is 9.95. The lowest BCUT2D eigenvalue weighted by Gasteiger charge is -2.32. The summed E-state index contributed by atoms with van der Waals surface area (Å²) in [5, 5.41) is 0.832. The predicted octanol–water partition coefficient (Wildman–Crippen LogP) is 2.75. The standard InChI is InChI=1S/C11H20INOS/c1-9(12)14-8-11-4-3-5-13(11)7-10(6-11)15-2/h9-10H,3-8H2,1-2H3/t9?,10-,11+/m1/s1. The molecule has 88 valence electrons. The molecule has 0 amide bonds. The third-order valence-corrected chi connectivity index (χ3v) is 5.03. The molecule has 2 fully saturated rings. The van der Waals surface area contributed by atoms with Gasteiger partial charge >= 0.3 is 0 Å². The van der Waals surface area contributed by atoms with Gasteiger partial charge in [-0.25, -0.2) is 0 Å². The van der Waals surface area contributed by atoms with Gasteiger partial charge in [0.1, 0.15) is 4.11 Å². The molecule has 0 spiro atoms. The quantitative estimate of drug-likeness (QED) is 0.576. The second-order valence-electron chi connectivity index (χ2n) is 4.69. The number of nitrogens with zero attached hydrogens (tertiary/aromatic N) is 1. The van der Waals surface area contributed by atoms with Gasteiger partial charge in [-0.1, -0.05) is 22.6 Å². The van der Waals surface area contributed by atoms with Crippen molar-refractivity contribution in [1.82, 2.24) is 4.90 Å². The number of alkyl halides is 1. The van der Waals surface area contributed by atoms with Crippen LogP contribution in [0.25, 0.3) is 0 Å². The Hall–Kier alpha value is 1.00. The van der Waals surface area contributed by atoms with Crippen LogP contribution in [0.1, 0.15) is 26.2 Å². The summed E-state index contributed by atoms with van der Waals surface area (Å²) in [6, 6.07) is 0. The Morgan fingerprint density at radius 1 is 1.67 bits per heavy atom. The van der Waals surface area contributed by atoms with Crippen LogP contribution in [0.3, 0.4) is 0 Å². The first kappa shape index (κ1) is 12.5. The normalized spacial score (nSPS) is 38.2. The number of rotatable bonds is 4. The summed E-state index contributed by atoms with van der Waals surface area (Å²) in [6.45, 7) is 5.63. The molecule has 2 rings (SSSR count). The summed E-state index contributed by atoms with van der Waals surface area (Å²) in [7, 11) is 0. The summed E-state index contributed by atoms with van der Waals surface area (Å²) in [4.78, 5) is 2.67. The lowest BCUT2D eigenvalue weighted by Crippen LogP contribution is -2.42. The molecule has 3 atom stereocenters. The topological polar surface area (TPSA) is 12.5 Å². The van der Waals surface area contributed by atoms with Gasteiger partial charge in [0.05, 0.1) is 6.61 Å². The van der Waals surface area contributed by atoms with Crippen LogP contribution in [-0.2, 0) is 4.74 Å². The molecule has 0 aromatic carbocycles. The average molecular weight is 341 g/mol. The Balaban J connectivity index is 1.97. The predicted molar refractivity (Wildman–Crippen MR) is 74.9 cm³/mol. The molecule has 0 saturated carbocycles. The van der Waals surface area contributed by atoms with E-state index in [0.717, 1.165) is 11.9 Å². The average Bonchev–Trinajstić information content (AvgIpc) is 2.70. The Labute approximate surface area is 111 Å². The summed E-state index contributed by atoms with van der Waals surface area (Å²) >= 11 is 4.37. The summed E-state index contributed by atoms with van der Waals surface area (Å²) in [5.74, 6) is 0. The summed E-state index contributed by atoms with van der Waals surface area (Å²) in [5.41, 5.74) is 0.396. The maximum Gasteiger partial charge on any atom is 0.106 e. The minimum atomic E-state index is 0.341. The van der Waals surface area contributed by atoms with E-state index in [0.29, 0.717) is 9.65 Å². The van der Waals surface area contributed by atoms with E-state index in [2.05, 4.69) is 40.7 Å². The minimum absolute atomic E-state index is 0.341. The van der Waals surface area contributed by atoms with Crippen molar-refractivity contribution >= 4 is 34.4 Å². The second-order valence-corrected chi connectivity index (χ2v) is 7.58. The van der Waals surface area contributed by atoms with Gasteiger partial charge in [-0.3, -0.25) is 4.90 Å². The van der Waals surface area contributed by atoms with Crippen LogP contribution in [0.4, 0.5) is 0 Å². The molecule has 0 aliphatic carbocycles. The molecule has 2 aliphatic rings. The number of fused-ring (bicyclic) bond motifs is 1. The zero-order valence-corrected chi connectivity index (χ0v) is 12.5. The monoisotopic (exact) mass is 341 g/mol. The van der Waals surface area contributed by atoms with Gasteiger partial charge in [0.15, 0.2) is 0 Å². The molecule has 2 saturated heterocycles. The Morgan fingerprint density at radius 2 is 2.47 bits per heavy atom. The van der Waals surface area contributed by atoms with E-state index < -0.39 is 0 Å². The first-order chi connectivity index (χ1) is 7.16. The highest BCUT2D eigenvalue weighted by molar-refractivity contribution is 14.1. The number of thioether (sulfide) groups is 1. The number of halogens is 1. The van der Waals surface area contributed by atoms with Gasteiger partial charge in [-0.2, -0.15) is 11.8 Å². The molecule has 2 aliphatic heterocycles. The van der Waals surface area contributed by atoms with E-state index in [1.54, 1.807) is 0 Å². The van der Waals surface area contributed by atoms with E-state index in [1.807, 2.05) is 11.8 Å². The lowest BCUT2D eigenvalue weighted by molar-refractivity contribution is 0.0347. The van der Waals surface area contributed by atoms with Crippen molar-refractivity contribution in [3.05, 3.63) is 0 Å². The Kier molecular flexibility index (Phi) is 4.24.